The van der Waals surface area contributed by atoms with Gasteiger partial charge in [-0.2, -0.15) is 0 Å². The molecule has 9 heteroatoms. The van der Waals surface area contributed by atoms with Crippen LogP contribution >= 0.6 is 11.8 Å². The summed E-state index contributed by atoms with van der Waals surface area (Å²) in [6.07, 6.45) is 3.34. The number of amides is 1. The van der Waals surface area contributed by atoms with Crippen molar-refractivity contribution in [3.05, 3.63) is 42.3 Å². The van der Waals surface area contributed by atoms with Gasteiger partial charge < -0.3 is 14.6 Å². The van der Waals surface area contributed by atoms with Gasteiger partial charge in [0.15, 0.2) is 16.7 Å². The lowest BCUT2D eigenvalue weighted by atomic mass is 10.2. The van der Waals surface area contributed by atoms with E-state index >= 15 is 0 Å². The second-order valence-corrected chi connectivity index (χ2v) is 6.95. The summed E-state index contributed by atoms with van der Waals surface area (Å²) in [4.78, 5) is 18.4. The molecule has 8 nitrogen and oxygen atoms in total. The summed E-state index contributed by atoms with van der Waals surface area (Å²) < 4.78 is 7.33. The lowest BCUT2D eigenvalue weighted by Gasteiger charge is -2.12. The van der Waals surface area contributed by atoms with Crippen LogP contribution in [0.15, 0.2) is 46.3 Å². The van der Waals surface area contributed by atoms with E-state index in [-0.39, 0.29) is 11.7 Å². The van der Waals surface area contributed by atoms with Crippen LogP contribution in [0.1, 0.15) is 12.5 Å². The number of nitrogens with one attached hydrogen (secondary N) is 1. The monoisotopic (exact) mass is 386 g/mol. The van der Waals surface area contributed by atoms with E-state index in [0.717, 1.165) is 11.4 Å². The summed E-state index contributed by atoms with van der Waals surface area (Å²) >= 11 is 1.36. The first-order chi connectivity index (χ1) is 13.1. The van der Waals surface area contributed by atoms with Crippen molar-refractivity contribution in [1.82, 2.24) is 25.1 Å². The third-order valence-electron chi connectivity index (χ3n) is 3.86. The Balaban J connectivity index is 1.56. The summed E-state index contributed by atoms with van der Waals surface area (Å²) in [5.41, 5.74) is 1.00. The third-order valence-corrected chi connectivity index (χ3v) is 4.83. The van der Waals surface area contributed by atoms with Crippen LogP contribution in [0, 0.1) is 0 Å². The van der Waals surface area contributed by atoms with E-state index in [9.17, 15) is 4.79 Å². The first-order valence-corrected chi connectivity index (χ1v) is 9.56. The molecule has 0 bridgehead atoms. The second kappa shape index (κ2) is 8.72. The molecule has 0 radical (unpaired) electrons. The summed E-state index contributed by atoms with van der Waals surface area (Å²) in [6.45, 7) is 3.16. The molecule has 3 rings (SSSR count). The molecule has 0 spiro atoms. The molecule has 0 saturated heterocycles. The summed E-state index contributed by atoms with van der Waals surface area (Å²) in [5.74, 6) is 2.39. The fourth-order valence-electron chi connectivity index (χ4n) is 2.47. The van der Waals surface area contributed by atoms with Crippen molar-refractivity contribution in [3.63, 3.8) is 0 Å². The fourth-order valence-corrected chi connectivity index (χ4v) is 3.30. The molecule has 0 fully saturated rings. The Hall–Kier alpha value is -2.81. The number of carbonyl (C=O) groups excluding carboxylic acids is 1. The molecule has 0 atom stereocenters. The van der Waals surface area contributed by atoms with Crippen LogP contribution in [0.2, 0.25) is 0 Å². The Morgan fingerprint density at radius 2 is 2.19 bits per heavy atom. The molecule has 0 saturated carbocycles. The van der Waals surface area contributed by atoms with Gasteiger partial charge in [-0.1, -0.05) is 11.8 Å². The van der Waals surface area contributed by atoms with Crippen molar-refractivity contribution in [2.45, 2.75) is 25.2 Å². The predicted octanol–water partition coefficient (Wildman–Crippen LogP) is 2.43. The van der Waals surface area contributed by atoms with Crippen molar-refractivity contribution < 1.29 is 9.21 Å². The lowest BCUT2D eigenvalue weighted by molar-refractivity contribution is -0.118. The van der Waals surface area contributed by atoms with Gasteiger partial charge in [-0.25, -0.2) is 4.98 Å². The Bertz CT molecular complexity index is 891. The molecule has 0 unspecified atom stereocenters. The molecule has 3 heterocycles. The number of aromatic nitrogens is 4. The fraction of sp³-hybridized carbons (Fsp3) is 0.333. The molecular formula is C18H22N6O2S. The van der Waals surface area contributed by atoms with E-state index in [1.54, 1.807) is 12.5 Å². The van der Waals surface area contributed by atoms with E-state index in [2.05, 4.69) is 20.5 Å². The minimum absolute atomic E-state index is 0.0617. The molecule has 0 aliphatic heterocycles. The highest BCUT2D eigenvalue weighted by Gasteiger charge is 2.16. The highest BCUT2D eigenvalue weighted by Crippen LogP contribution is 2.24. The van der Waals surface area contributed by atoms with E-state index in [1.807, 2.05) is 54.8 Å². The number of furan rings is 1. The van der Waals surface area contributed by atoms with Crippen LogP contribution in [0.5, 0.6) is 0 Å². The van der Waals surface area contributed by atoms with E-state index in [4.69, 9.17) is 4.42 Å². The number of pyridine rings is 1. The van der Waals surface area contributed by atoms with Crippen molar-refractivity contribution in [2.24, 2.45) is 0 Å². The van der Waals surface area contributed by atoms with Gasteiger partial charge in [0, 0.05) is 33.4 Å². The average molecular weight is 386 g/mol. The summed E-state index contributed by atoms with van der Waals surface area (Å²) in [5, 5.41) is 12.0. The molecule has 1 amide bonds. The number of nitrogens with zero attached hydrogens (tertiary/aromatic N) is 5. The maximum Gasteiger partial charge on any atom is 0.230 e. The molecule has 3 aromatic rings. The standard InChI is InChI=1S/C18H22N6O2S/c1-4-24-17(14-6-5-9-26-14)21-22-18(24)27-12-16(25)20-11-13-7-8-19-15(10-13)23(2)3/h5-10H,4,11-12H2,1-3H3,(H,20,25). The highest BCUT2D eigenvalue weighted by molar-refractivity contribution is 7.99. The second-order valence-electron chi connectivity index (χ2n) is 6.01. The Morgan fingerprint density at radius 3 is 2.89 bits per heavy atom. The van der Waals surface area contributed by atoms with E-state index in [0.29, 0.717) is 29.8 Å². The van der Waals surface area contributed by atoms with Crippen LogP contribution in [0.3, 0.4) is 0 Å². The highest BCUT2D eigenvalue weighted by atomic mass is 32.2. The Kier molecular flexibility index (Phi) is 6.12. The Labute approximate surface area is 162 Å². The largest absolute Gasteiger partial charge is 0.461 e. The molecule has 0 aliphatic rings. The van der Waals surface area contributed by atoms with E-state index in [1.165, 1.54) is 11.8 Å². The van der Waals surface area contributed by atoms with Crippen molar-refractivity contribution >= 4 is 23.5 Å². The molecule has 0 aromatic carbocycles. The zero-order valence-electron chi connectivity index (χ0n) is 15.5. The molecular weight excluding hydrogens is 364 g/mol. The van der Waals surface area contributed by atoms with Crippen LogP contribution < -0.4 is 10.2 Å². The quantitative estimate of drug-likeness (QED) is 0.595. The number of hydrogen-bond donors (Lipinski definition) is 1. The van der Waals surface area contributed by atoms with Gasteiger partial charge in [0.25, 0.3) is 0 Å². The van der Waals surface area contributed by atoms with Crippen LogP contribution in [-0.2, 0) is 17.9 Å². The number of rotatable bonds is 8. The van der Waals surface area contributed by atoms with Crippen molar-refractivity contribution in [3.8, 4) is 11.6 Å². The molecule has 3 aromatic heterocycles. The predicted molar refractivity (Wildman–Crippen MR) is 105 cm³/mol. The van der Waals surface area contributed by atoms with Gasteiger partial charge in [-0.15, -0.1) is 10.2 Å². The zero-order valence-corrected chi connectivity index (χ0v) is 16.4. The molecule has 142 valence electrons. The van der Waals surface area contributed by atoms with Gasteiger partial charge >= 0.3 is 0 Å². The molecule has 0 aliphatic carbocycles. The summed E-state index contributed by atoms with van der Waals surface area (Å²) in [7, 11) is 3.87. The first-order valence-electron chi connectivity index (χ1n) is 8.57. The van der Waals surface area contributed by atoms with Crippen LogP contribution in [-0.4, -0.2) is 45.5 Å². The number of carbonyl (C=O) groups is 1. The maximum absolute atomic E-state index is 12.2. The van der Waals surface area contributed by atoms with Crippen molar-refractivity contribution in [2.75, 3.05) is 24.7 Å². The lowest BCUT2D eigenvalue weighted by Crippen LogP contribution is -2.25. The molecule has 1 N–H and O–H groups in total. The van der Waals surface area contributed by atoms with Crippen LogP contribution in [0.4, 0.5) is 5.82 Å². The van der Waals surface area contributed by atoms with Gasteiger partial charge in [0.1, 0.15) is 5.82 Å². The van der Waals surface area contributed by atoms with Gasteiger partial charge in [0.2, 0.25) is 5.91 Å². The third kappa shape index (κ3) is 4.68. The number of hydrogen-bond acceptors (Lipinski definition) is 7. The number of thioether (sulfide) groups is 1. The summed E-state index contributed by atoms with van der Waals surface area (Å²) in [6, 6.07) is 7.50. The molecule has 27 heavy (non-hydrogen) atoms. The topological polar surface area (TPSA) is 89.1 Å². The normalized spacial score (nSPS) is 10.8. The Morgan fingerprint density at radius 1 is 1.33 bits per heavy atom. The maximum atomic E-state index is 12.2. The first kappa shape index (κ1) is 19.0. The minimum atomic E-state index is -0.0617. The minimum Gasteiger partial charge on any atom is -0.461 e. The zero-order chi connectivity index (χ0) is 19.2. The van der Waals surface area contributed by atoms with Gasteiger partial charge in [-0.05, 0) is 36.8 Å². The average Bonchev–Trinajstić information content (AvgIpc) is 3.33. The smallest absolute Gasteiger partial charge is 0.230 e. The van der Waals surface area contributed by atoms with Gasteiger partial charge in [0.05, 0.1) is 12.0 Å². The number of anilines is 1. The van der Waals surface area contributed by atoms with Gasteiger partial charge in [-0.3, -0.25) is 9.36 Å². The SMILES string of the molecule is CCn1c(SCC(=O)NCc2ccnc(N(C)C)c2)nnc1-c1ccco1. The van der Waals surface area contributed by atoms with Crippen molar-refractivity contribution in [1.29, 1.82) is 0 Å². The van der Waals surface area contributed by atoms with E-state index < -0.39 is 0 Å². The van der Waals surface area contributed by atoms with Crippen LogP contribution in [0.25, 0.3) is 11.6 Å².